The smallest absolute Gasteiger partial charge is 0.337 e. The number of hydrogen-bond donors (Lipinski definition) is 0. The van der Waals surface area contributed by atoms with Gasteiger partial charge < -0.3 is 9.15 Å². The van der Waals surface area contributed by atoms with Gasteiger partial charge in [-0.05, 0) is 61.9 Å². The molecule has 0 N–H and O–H groups in total. The third-order valence-electron chi connectivity index (χ3n) is 5.03. The zero-order valence-electron chi connectivity index (χ0n) is 17.2. The van der Waals surface area contributed by atoms with E-state index in [1.54, 1.807) is 55.5 Å². The molecule has 3 aromatic rings. The Kier molecular flexibility index (Phi) is 5.48. The Morgan fingerprint density at radius 3 is 2.55 bits per heavy atom. The Morgan fingerprint density at radius 2 is 1.84 bits per heavy atom. The lowest BCUT2D eigenvalue weighted by atomic mass is 10.1. The zero-order chi connectivity index (χ0) is 22.1. The molecule has 0 spiro atoms. The van der Waals surface area contributed by atoms with E-state index in [1.807, 2.05) is 19.1 Å². The fourth-order valence-corrected chi connectivity index (χ4v) is 3.46. The maximum atomic E-state index is 13.0. The maximum absolute atomic E-state index is 13.0. The molecular weight excluding hydrogens is 416 g/mol. The van der Waals surface area contributed by atoms with Crippen LogP contribution in [0.1, 0.15) is 28.6 Å². The molecule has 0 atom stereocenters. The van der Waals surface area contributed by atoms with Gasteiger partial charge in [0.25, 0.3) is 5.91 Å². The normalized spacial score (nSPS) is 14.8. The molecule has 0 aliphatic carbocycles. The van der Waals surface area contributed by atoms with Crippen molar-refractivity contribution in [1.82, 2.24) is 0 Å². The van der Waals surface area contributed by atoms with E-state index >= 15 is 0 Å². The van der Waals surface area contributed by atoms with E-state index < -0.39 is 5.97 Å². The maximum Gasteiger partial charge on any atom is 0.337 e. The summed E-state index contributed by atoms with van der Waals surface area (Å²) in [6.07, 6.45) is 1.67. The number of ether oxygens (including phenoxy) is 1. The molecular formula is C24H19ClN2O4. The van der Waals surface area contributed by atoms with Gasteiger partial charge in [0.1, 0.15) is 11.5 Å². The highest BCUT2D eigenvalue weighted by atomic mass is 35.5. The molecule has 0 unspecified atom stereocenters. The number of carbonyl (C=O) groups is 2. The fourth-order valence-electron chi connectivity index (χ4n) is 3.29. The Labute approximate surface area is 184 Å². The first-order chi connectivity index (χ1) is 14.9. The average Bonchev–Trinajstić information content (AvgIpc) is 3.35. The lowest BCUT2D eigenvalue weighted by Crippen LogP contribution is -2.22. The van der Waals surface area contributed by atoms with Gasteiger partial charge in [-0.25, -0.2) is 4.79 Å². The van der Waals surface area contributed by atoms with Crippen molar-refractivity contribution in [3.05, 3.63) is 82.1 Å². The minimum atomic E-state index is -0.398. The van der Waals surface area contributed by atoms with Crippen molar-refractivity contribution in [2.24, 2.45) is 5.10 Å². The third kappa shape index (κ3) is 3.90. The van der Waals surface area contributed by atoms with Crippen LogP contribution in [0.3, 0.4) is 0 Å². The van der Waals surface area contributed by atoms with Crippen LogP contribution < -0.4 is 5.01 Å². The minimum absolute atomic E-state index is 0.247. The third-order valence-corrected chi connectivity index (χ3v) is 5.44. The number of amides is 1. The van der Waals surface area contributed by atoms with Crippen molar-refractivity contribution < 1.29 is 18.7 Å². The first-order valence-corrected chi connectivity index (χ1v) is 9.92. The molecule has 0 bridgehead atoms. The summed E-state index contributed by atoms with van der Waals surface area (Å²) in [4.78, 5) is 24.6. The second kappa shape index (κ2) is 8.24. The van der Waals surface area contributed by atoms with E-state index in [0.717, 1.165) is 11.1 Å². The van der Waals surface area contributed by atoms with Crippen LogP contribution in [0.5, 0.6) is 0 Å². The van der Waals surface area contributed by atoms with Crippen molar-refractivity contribution in [3.63, 3.8) is 0 Å². The van der Waals surface area contributed by atoms with Crippen LogP contribution in [0.4, 0.5) is 5.69 Å². The number of halogens is 1. The van der Waals surface area contributed by atoms with Crippen molar-refractivity contribution in [2.45, 2.75) is 13.8 Å². The SMILES string of the molecule is COC(=O)c1ccc(-c2ccc(/C=C3\C(=O)N(c4cccc(Cl)c4C)N=C3C)o2)cc1. The predicted octanol–water partition coefficient (Wildman–Crippen LogP) is 5.50. The molecule has 1 amide bonds. The monoisotopic (exact) mass is 434 g/mol. The van der Waals surface area contributed by atoms with Crippen LogP contribution >= 0.6 is 11.6 Å². The Morgan fingerprint density at radius 1 is 1.10 bits per heavy atom. The van der Waals surface area contributed by atoms with E-state index in [9.17, 15) is 9.59 Å². The molecule has 0 saturated carbocycles. The number of carbonyl (C=O) groups excluding carboxylic acids is 2. The molecule has 1 aliphatic rings. The molecule has 4 rings (SSSR count). The summed E-state index contributed by atoms with van der Waals surface area (Å²) in [6.45, 7) is 3.63. The van der Waals surface area contributed by atoms with Crippen molar-refractivity contribution in [1.29, 1.82) is 0 Å². The fraction of sp³-hybridized carbons (Fsp3) is 0.125. The van der Waals surface area contributed by atoms with E-state index in [1.165, 1.54) is 12.1 Å². The lowest BCUT2D eigenvalue weighted by molar-refractivity contribution is -0.114. The first kappa shape index (κ1) is 20.6. The van der Waals surface area contributed by atoms with Gasteiger partial charge in [0.15, 0.2) is 0 Å². The average molecular weight is 435 g/mol. The van der Waals surface area contributed by atoms with Crippen LogP contribution in [0, 0.1) is 6.92 Å². The summed E-state index contributed by atoms with van der Waals surface area (Å²) in [5.74, 6) is 0.495. The number of nitrogens with zero attached hydrogens (tertiary/aromatic N) is 2. The van der Waals surface area contributed by atoms with Crippen molar-refractivity contribution in [2.75, 3.05) is 12.1 Å². The number of hydrazone groups is 1. The Bertz CT molecular complexity index is 1240. The number of hydrogen-bond acceptors (Lipinski definition) is 5. The van der Waals surface area contributed by atoms with Gasteiger partial charge in [-0.1, -0.05) is 29.8 Å². The minimum Gasteiger partial charge on any atom is -0.465 e. The summed E-state index contributed by atoms with van der Waals surface area (Å²) >= 11 is 6.20. The van der Waals surface area contributed by atoms with Crippen LogP contribution in [-0.2, 0) is 9.53 Å². The molecule has 7 heteroatoms. The van der Waals surface area contributed by atoms with Gasteiger partial charge in [-0.3, -0.25) is 4.79 Å². The van der Waals surface area contributed by atoms with Crippen LogP contribution in [0.2, 0.25) is 5.02 Å². The van der Waals surface area contributed by atoms with Gasteiger partial charge in [0, 0.05) is 10.6 Å². The van der Waals surface area contributed by atoms with Crippen molar-refractivity contribution in [3.8, 4) is 11.3 Å². The second-order valence-corrected chi connectivity index (χ2v) is 7.42. The van der Waals surface area contributed by atoms with Crippen LogP contribution in [0.25, 0.3) is 17.4 Å². The number of furan rings is 1. The summed E-state index contributed by atoms with van der Waals surface area (Å²) in [5.41, 5.74) is 3.72. The standard InChI is InChI=1S/C24H19ClN2O4/c1-14-20(25)5-4-6-21(14)27-23(28)19(15(2)26-27)13-18-11-12-22(31-18)16-7-9-17(10-8-16)24(29)30-3/h4-13H,1-3H3/b19-13-. The van der Waals surface area contributed by atoms with E-state index in [-0.39, 0.29) is 5.91 Å². The summed E-state index contributed by atoms with van der Waals surface area (Å²) in [6, 6.07) is 15.9. The predicted molar refractivity (Wildman–Crippen MR) is 120 cm³/mol. The van der Waals surface area contributed by atoms with Crippen LogP contribution in [0.15, 0.2) is 69.7 Å². The molecule has 1 aliphatic heterocycles. The van der Waals surface area contributed by atoms with Gasteiger partial charge in [0.2, 0.25) is 0 Å². The Balaban J connectivity index is 1.59. The summed E-state index contributed by atoms with van der Waals surface area (Å²) in [7, 11) is 1.34. The molecule has 1 aromatic heterocycles. The molecule has 2 heterocycles. The summed E-state index contributed by atoms with van der Waals surface area (Å²) in [5, 5.41) is 6.34. The molecule has 0 radical (unpaired) electrons. The van der Waals surface area contributed by atoms with Gasteiger partial charge in [-0.15, -0.1) is 0 Å². The number of esters is 1. The number of methoxy groups -OCH3 is 1. The van der Waals surface area contributed by atoms with Gasteiger partial charge >= 0.3 is 5.97 Å². The van der Waals surface area contributed by atoms with E-state index in [0.29, 0.717) is 39.1 Å². The molecule has 6 nitrogen and oxygen atoms in total. The quantitative estimate of drug-likeness (QED) is 0.401. The lowest BCUT2D eigenvalue weighted by Gasteiger charge is -2.15. The molecule has 0 fully saturated rings. The second-order valence-electron chi connectivity index (χ2n) is 7.02. The van der Waals surface area contributed by atoms with E-state index in [2.05, 4.69) is 5.10 Å². The Hall–Kier alpha value is -3.64. The number of anilines is 1. The van der Waals surface area contributed by atoms with E-state index in [4.69, 9.17) is 20.8 Å². The summed E-state index contributed by atoms with van der Waals surface area (Å²) < 4.78 is 10.6. The highest BCUT2D eigenvalue weighted by molar-refractivity contribution is 6.34. The number of rotatable bonds is 4. The van der Waals surface area contributed by atoms with Gasteiger partial charge in [0.05, 0.1) is 29.6 Å². The molecule has 2 aromatic carbocycles. The highest BCUT2D eigenvalue weighted by Crippen LogP contribution is 2.32. The largest absolute Gasteiger partial charge is 0.465 e. The molecule has 31 heavy (non-hydrogen) atoms. The topological polar surface area (TPSA) is 72.1 Å². The number of benzene rings is 2. The van der Waals surface area contributed by atoms with Gasteiger partial charge in [-0.2, -0.15) is 10.1 Å². The van der Waals surface area contributed by atoms with Crippen LogP contribution in [-0.4, -0.2) is 24.7 Å². The van der Waals surface area contributed by atoms with Crippen molar-refractivity contribution >= 4 is 41.0 Å². The highest BCUT2D eigenvalue weighted by Gasteiger charge is 2.30. The molecule has 156 valence electrons. The molecule has 0 saturated heterocycles. The first-order valence-electron chi connectivity index (χ1n) is 9.54. The zero-order valence-corrected chi connectivity index (χ0v) is 17.9.